The van der Waals surface area contributed by atoms with Crippen LogP contribution in [0.2, 0.25) is 0 Å². The van der Waals surface area contributed by atoms with Gasteiger partial charge in [-0.05, 0) is 64.9 Å². The van der Waals surface area contributed by atoms with Crippen LogP contribution >= 0.6 is 0 Å². The fourth-order valence-corrected chi connectivity index (χ4v) is 5.61. The molecule has 3 aromatic carbocycles. The van der Waals surface area contributed by atoms with Crippen LogP contribution in [-0.4, -0.2) is 21.5 Å². The molecule has 1 aliphatic rings. The highest BCUT2D eigenvalue weighted by Gasteiger charge is 2.32. The number of hydrogen-bond donors (Lipinski definition) is 3. The molecule has 2 aromatic heterocycles. The molecule has 0 fully saturated rings. The van der Waals surface area contributed by atoms with E-state index in [0.717, 1.165) is 42.9 Å². The second-order valence-corrected chi connectivity index (χ2v) is 10.0. The molecule has 0 spiro atoms. The van der Waals surface area contributed by atoms with Crippen LogP contribution in [0.4, 0.5) is 5.69 Å². The van der Waals surface area contributed by atoms with Crippen molar-refractivity contribution in [3.05, 3.63) is 113 Å². The first-order valence-electron chi connectivity index (χ1n) is 13.2. The predicted octanol–water partition coefficient (Wildman–Crippen LogP) is 6.81. The van der Waals surface area contributed by atoms with Crippen molar-refractivity contribution in [3.63, 3.8) is 0 Å². The number of nitrogens with zero attached hydrogens (tertiary/aromatic N) is 2. The van der Waals surface area contributed by atoms with Crippen LogP contribution in [0, 0.1) is 12.8 Å². The summed E-state index contributed by atoms with van der Waals surface area (Å²) in [4.78, 5) is 13.3. The van der Waals surface area contributed by atoms with E-state index in [1.165, 1.54) is 39.1 Å². The largest absolute Gasteiger partial charge is 0.384 e. The van der Waals surface area contributed by atoms with Crippen molar-refractivity contribution in [2.75, 3.05) is 11.9 Å². The zero-order valence-corrected chi connectivity index (χ0v) is 21.5. The normalized spacial score (nSPS) is 16.9. The summed E-state index contributed by atoms with van der Waals surface area (Å²) in [7, 11) is 0. The van der Waals surface area contributed by atoms with E-state index in [9.17, 15) is 0 Å². The Bertz CT molecular complexity index is 1490. The number of aromatic nitrogens is 3. The Kier molecular flexibility index (Phi) is 6.46. The molecule has 6 rings (SSSR count). The Hall–Kier alpha value is -3.96. The fraction of sp³-hybridized carbons (Fsp3) is 0.250. The summed E-state index contributed by atoms with van der Waals surface area (Å²) in [5, 5.41) is 7.26. The minimum Gasteiger partial charge on any atom is -0.384 e. The van der Waals surface area contributed by atoms with E-state index in [1.807, 2.05) is 12.4 Å². The van der Waals surface area contributed by atoms with Crippen LogP contribution in [0.15, 0.2) is 85.2 Å². The van der Waals surface area contributed by atoms with E-state index < -0.39 is 0 Å². The maximum atomic E-state index is 5.02. The molecule has 5 aromatic rings. The average molecular weight is 488 g/mol. The molecule has 5 nitrogen and oxygen atoms in total. The van der Waals surface area contributed by atoms with Crippen molar-refractivity contribution in [3.8, 4) is 11.1 Å². The van der Waals surface area contributed by atoms with Crippen LogP contribution in [0.3, 0.4) is 0 Å². The van der Waals surface area contributed by atoms with E-state index in [2.05, 4.69) is 107 Å². The van der Waals surface area contributed by atoms with Crippen molar-refractivity contribution in [1.29, 1.82) is 0 Å². The van der Waals surface area contributed by atoms with Crippen molar-refractivity contribution >= 4 is 16.7 Å². The van der Waals surface area contributed by atoms with Gasteiger partial charge in [-0.1, -0.05) is 61.9 Å². The molecular formula is C32H33N5. The van der Waals surface area contributed by atoms with Gasteiger partial charge in [0.25, 0.3) is 0 Å². The highest BCUT2D eigenvalue weighted by Crippen LogP contribution is 2.42. The summed E-state index contributed by atoms with van der Waals surface area (Å²) < 4.78 is 0. The smallest absolute Gasteiger partial charge is 0.115 e. The quantitative estimate of drug-likeness (QED) is 0.236. The molecule has 5 heteroatoms. The van der Waals surface area contributed by atoms with Gasteiger partial charge in [0, 0.05) is 49.2 Å². The lowest BCUT2D eigenvalue weighted by molar-refractivity contribution is 0.450. The van der Waals surface area contributed by atoms with Crippen molar-refractivity contribution in [2.45, 2.75) is 39.3 Å². The van der Waals surface area contributed by atoms with Gasteiger partial charge in [-0.25, -0.2) is 4.98 Å². The summed E-state index contributed by atoms with van der Waals surface area (Å²) >= 11 is 0. The van der Waals surface area contributed by atoms with E-state index in [-0.39, 0.29) is 5.92 Å². The molecule has 1 aliphatic heterocycles. The summed E-state index contributed by atoms with van der Waals surface area (Å²) in [6, 6.07) is 25.6. The molecule has 3 N–H and O–H groups in total. The first kappa shape index (κ1) is 23.4. The van der Waals surface area contributed by atoms with Gasteiger partial charge >= 0.3 is 0 Å². The summed E-state index contributed by atoms with van der Waals surface area (Å²) in [6.45, 7) is 7.06. The third-order valence-electron chi connectivity index (χ3n) is 7.76. The predicted molar refractivity (Wildman–Crippen MR) is 152 cm³/mol. The molecule has 2 unspecified atom stereocenters. The van der Waals surface area contributed by atoms with Crippen LogP contribution in [0.5, 0.6) is 0 Å². The number of nitrogens with one attached hydrogen (secondary N) is 3. The van der Waals surface area contributed by atoms with Crippen LogP contribution in [0.25, 0.3) is 22.2 Å². The van der Waals surface area contributed by atoms with Crippen molar-refractivity contribution < 1.29 is 0 Å². The Labute approximate surface area is 218 Å². The second-order valence-electron chi connectivity index (χ2n) is 10.0. The number of H-pyrrole nitrogens is 1. The van der Waals surface area contributed by atoms with Crippen LogP contribution in [0.1, 0.15) is 47.3 Å². The second kappa shape index (κ2) is 10.2. The number of hydrogen-bond acceptors (Lipinski definition) is 4. The number of pyridine rings is 1. The minimum atomic E-state index is 0.220. The first-order chi connectivity index (χ1) is 18.2. The zero-order chi connectivity index (χ0) is 25.2. The molecule has 0 aliphatic carbocycles. The monoisotopic (exact) mass is 487 g/mol. The molecule has 37 heavy (non-hydrogen) atoms. The number of aromatic amines is 1. The molecular weight excluding hydrogens is 454 g/mol. The third kappa shape index (κ3) is 4.63. The molecule has 3 heterocycles. The number of benzene rings is 3. The highest BCUT2D eigenvalue weighted by molar-refractivity contribution is 5.76. The molecule has 0 amide bonds. The SMILES string of the molecule is CCC1CNc2ccc(-c3cncc(CNCc4ccccc4)c3C)cc2C1c1nc2ccccc2[nH]1. The number of rotatable bonds is 7. The topological polar surface area (TPSA) is 65.6 Å². The summed E-state index contributed by atoms with van der Waals surface area (Å²) in [5.41, 5.74) is 10.8. The van der Waals surface area contributed by atoms with Gasteiger partial charge < -0.3 is 15.6 Å². The van der Waals surface area contributed by atoms with Gasteiger partial charge in [0.1, 0.15) is 5.82 Å². The zero-order valence-electron chi connectivity index (χ0n) is 21.5. The molecule has 186 valence electrons. The van der Waals surface area contributed by atoms with Crippen LogP contribution in [-0.2, 0) is 13.1 Å². The minimum absolute atomic E-state index is 0.220. The van der Waals surface area contributed by atoms with Gasteiger partial charge in [0.2, 0.25) is 0 Å². The Balaban J connectivity index is 1.33. The maximum Gasteiger partial charge on any atom is 0.115 e. The highest BCUT2D eigenvalue weighted by atomic mass is 15.0. The number of imidazole rings is 1. The average Bonchev–Trinajstić information content (AvgIpc) is 3.37. The number of fused-ring (bicyclic) bond motifs is 2. The van der Waals surface area contributed by atoms with Gasteiger partial charge in [0.05, 0.1) is 11.0 Å². The van der Waals surface area contributed by atoms with E-state index >= 15 is 0 Å². The Morgan fingerprint density at radius 3 is 2.62 bits per heavy atom. The lowest BCUT2D eigenvalue weighted by atomic mass is 9.79. The van der Waals surface area contributed by atoms with Crippen molar-refractivity contribution in [2.24, 2.45) is 5.92 Å². The molecule has 0 radical (unpaired) electrons. The number of anilines is 1. The molecule has 0 saturated carbocycles. The lowest BCUT2D eigenvalue weighted by Gasteiger charge is -2.33. The molecule has 2 atom stereocenters. The summed E-state index contributed by atoms with van der Waals surface area (Å²) in [6.07, 6.45) is 5.07. The number of para-hydroxylation sites is 2. The van der Waals surface area contributed by atoms with E-state index in [1.54, 1.807) is 0 Å². The van der Waals surface area contributed by atoms with Crippen LogP contribution < -0.4 is 10.6 Å². The van der Waals surface area contributed by atoms with E-state index in [4.69, 9.17) is 4.98 Å². The van der Waals surface area contributed by atoms with Gasteiger partial charge in [-0.2, -0.15) is 0 Å². The maximum absolute atomic E-state index is 5.02. The standard InChI is InChI=1S/C32H33N5/c1-3-23-19-35-28-14-13-24(15-26(28)31(23)32-36-29-11-7-8-12-30(29)37-32)27-20-34-18-25(21(27)2)17-33-16-22-9-5-4-6-10-22/h4-15,18,20,23,31,33,35H,3,16-17,19H2,1-2H3,(H,36,37). The third-order valence-corrected chi connectivity index (χ3v) is 7.76. The van der Waals surface area contributed by atoms with Gasteiger partial charge in [-0.15, -0.1) is 0 Å². The first-order valence-corrected chi connectivity index (χ1v) is 13.2. The fourth-order valence-electron chi connectivity index (χ4n) is 5.61. The van der Waals surface area contributed by atoms with E-state index in [0.29, 0.717) is 5.92 Å². The van der Waals surface area contributed by atoms with Gasteiger partial charge in [-0.3, -0.25) is 4.98 Å². The Morgan fingerprint density at radius 1 is 0.946 bits per heavy atom. The molecule has 0 saturated heterocycles. The molecule has 0 bridgehead atoms. The van der Waals surface area contributed by atoms with Gasteiger partial charge in [0.15, 0.2) is 0 Å². The Morgan fingerprint density at radius 2 is 1.78 bits per heavy atom. The summed E-state index contributed by atoms with van der Waals surface area (Å²) in [5.74, 6) is 1.75. The lowest BCUT2D eigenvalue weighted by Crippen LogP contribution is -2.28. The van der Waals surface area contributed by atoms with Crippen molar-refractivity contribution in [1.82, 2.24) is 20.3 Å².